The Morgan fingerprint density at radius 3 is 2.70 bits per heavy atom. The quantitative estimate of drug-likeness (QED) is 0.681. The molecular formula is C22H26N6O2. The molecule has 0 unspecified atom stereocenters. The Labute approximate surface area is 175 Å². The van der Waals surface area contributed by atoms with Gasteiger partial charge in [0.1, 0.15) is 5.52 Å². The summed E-state index contributed by atoms with van der Waals surface area (Å²) in [5.41, 5.74) is 4.00. The SMILES string of the molecule is Cc1cccc(NC(=O)NCCn2nnc3cc(C(=O)N4CCCCC4)ccc32)c1. The second-order valence-corrected chi connectivity index (χ2v) is 7.62. The molecule has 1 fully saturated rings. The summed E-state index contributed by atoms with van der Waals surface area (Å²) in [6.45, 7) is 4.51. The van der Waals surface area contributed by atoms with Gasteiger partial charge in [-0.25, -0.2) is 9.48 Å². The summed E-state index contributed by atoms with van der Waals surface area (Å²) in [6, 6.07) is 12.9. The van der Waals surface area contributed by atoms with Gasteiger partial charge < -0.3 is 15.5 Å². The number of nitrogens with zero attached hydrogens (tertiary/aromatic N) is 4. The van der Waals surface area contributed by atoms with Crippen molar-refractivity contribution in [2.45, 2.75) is 32.7 Å². The molecule has 0 saturated carbocycles. The van der Waals surface area contributed by atoms with E-state index < -0.39 is 0 Å². The van der Waals surface area contributed by atoms with Crippen LogP contribution in [0.15, 0.2) is 42.5 Å². The minimum absolute atomic E-state index is 0.0561. The molecule has 2 N–H and O–H groups in total. The predicted molar refractivity (Wildman–Crippen MR) is 115 cm³/mol. The molecule has 0 spiro atoms. The molecule has 0 radical (unpaired) electrons. The van der Waals surface area contributed by atoms with E-state index >= 15 is 0 Å². The third kappa shape index (κ3) is 4.59. The van der Waals surface area contributed by atoms with Crippen molar-refractivity contribution in [1.82, 2.24) is 25.2 Å². The van der Waals surface area contributed by atoms with Crippen LogP contribution in [-0.2, 0) is 6.54 Å². The lowest BCUT2D eigenvalue weighted by Crippen LogP contribution is -2.35. The minimum atomic E-state index is -0.264. The number of urea groups is 1. The van der Waals surface area contributed by atoms with Crippen LogP contribution >= 0.6 is 0 Å². The van der Waals surface area contributed by atoms with Crippen molar-refractivity contribution in [2.24, 2.45) is 0 Å². The van der Waals surface area contributed by atoms with Crippen molar-refractivity contribution in [2.75, 3.05) is 25.0 Å². The van der Waals surface area contributed by atoms with Crippen molar-refractivity contribution in [3.8, 4) is 0 Å². The molecule has 0 atom stereocenters. The van der Waals surface area contributed by atoms with Crippen LogP contribution in [0.1, 0.15) is 35.2 Å². The summed E-state index contributed by atoms with van der Waals surface area (Å²) in [4.78, 5) is 26.7. The minimum Gasteiger partial charge on any atom is -0.339 e. The summed E-state index contributed by atoms with van der Waals surface area (Å²) in [5, 5.41) is 14.0. The summed E-state index contributed by atoms with van der Waals surface area (Å²) in [7, 11) is 0. The Balaban J connectivity index is 1.34. The van der Waals surface area contributed by atoms with E-state index in [1.807, 2.05) is 48.2 Å². The Bertz CT molecular complexity index is 1050. The molecule has 8 nitrogen and oxygen atoms in total. The highest BCUT2D eigenvalue weighted by Crippen LogP contribution is 2.17. The van der Waals surface area contributed by atoms with Gasteiger partial charge in [0.2, 0.25) is 0 Å². The molecule has 2 aromatic carbocycles. The molecule has 8 heteroatoms. The molecule has 0 aliphatic carbocycles. The smallest absolute Gasteiger partial charge is 0.319 e. The van der Waals surface area contributed by atoms with Gasteiger partial charge in [0.25, 0.3) is 5.91 Å². The number of carbonyl (C=O) groups excluding carboxylic acids is 2. The van der Waals surface area contributed by atoms with Crippen molar-refractivity contribution >= 4 is 28.7 Å². The summed E-state index contributed by atoms with van der Waals surface area (Å²) in [6.07, 6.45) is 3.32. The average molecular weight is 406 g/mol. The molecule has 30 heavy (non-hydrogen) atoms. The van der Waals surface area contributed by atoms with Crippen LogP contribution in [0.5, 0.6) is 0 Å². The van der Waals surface area contributed by atoms with Gasteiger partial charge in [-0.05, 0) is 62.1 Å². The first kappa shape index (κ1) is 19.9. The molecule has 1 aromatic heterocycles. The summed E-state index contributed by atoms with van der Waals surface area (Å²) >= 11 is 0. The van der Waals surface area contributed by atoms with Crippen molar-refractivity contribution in [1.29, 1.82) is 0 Å². The number of rotatable bonds is 5. The zero-order valence-electron chi connectivity index (χ0n) is 17.1. The highest BCUT2D eigenvalue weighted by atomic mass is 16.2. The van der Waals surface area contributed by atoms with E-state index in [1.165, 1.54) is 6.42 Å². The van der Waals surface area contributed by atoms with Crippen LogP contribution in [0.25, 0.3) is 11.0 Å². The van der Waals surface area contributed by atoms with Crippen molar-refractivity contribution in [3.05, 3.63) is 53.6 Å². The lowest BCUT2D eigenvalue weighted by atomic mass is 10.1. The van der Waals surface area contributed by atoms with Gasteiger partial charge >= 0.3 is 6.03 Å². The molecule has 1 aliphatic heterocycles. The van der Waals surface area contributed by atoms with Crippen LogP contribution in [-0.4, -0.2) is 51.5 Å². The number of nitrogens with one attached hydrogen (secondary N) is 2. The molecule has 2 heterocycles. The molecule has 1 saturated heterocycles. The standard InChI is InChI=1S/C22H26N6O2/c1-16-6-5-7-18(14-16)24-22(30)23-10-13-28-20-9-8-17(15-19(20)25-26-28)21(29)27-11-3-2-4-12-27/h5-9,14-15H,2-4,10-13H2,1H3,(H2,23,24,30). The second kappa shape index (κ2) is 8.94. The van der Waals surface area contributed by atoms with Gasteiger partial charge in [0.15, 0.2) is 0 Å². The molecule has 156 valence electrons. The highest BCUT2D eigenvalue weighted by Gasteiger charge is 2.19. The van der Waals surface area contributed by atoms with E-state index in [-0.39, 0.29) is 11.9 Å². The van der Waals surface area contributed by atoms with Gasteiger partial charge in [0.05, 0.1) is 12.1 Å². The number of aromatic nitrogens is 3. The van der Waals surface area contributed by atoms with Crippen molar-refractivity contribution in [3.63, 3.8) is 0 Å². The third-order valence-electron chi connectivity index (χ3n) is 5.29. The number of anilines is 1. The first-order valence-corrected chi connectivity index (χ1v) is 10.3. The summed E-state index contributed by atoms with van der Waals surface area (Å²) < 4.78 is 1.73. The van der Waals surface area contributed by atoms with Crippen LogP contribution in [0.3, 0.4) is 0 Å². The van der Waals surface area contributed by atoms with Crippen LogP contribution < -0.4 is 10.6 Å². The maximum absolute atomic E-state index is 12.7. The Kier molecular flexibility index (Phi) is 5.92. The zero-order chi connectivity index (χ0) is 20.9. The maximum Gasteiger partial charge on any atom is 0.319 e. The number of amides is 3. The molecule has 0 bridgehead atoms. The monoisotopic (exact) mass is 406 g/mol. The number of benzene rings is 2. The largest absolute Gasteiger partial charge is 0.339 e. The fraction of sp³-hybridized carbons (Fsp3) is 0.364. The molecule has 3 amide bonds. The van der Waals surface area contributed by atoms with Gasteiger partial charge in [-0.15, -0.1) is 5.10 Å². The van der Waals surface area contributed by atoms with E-state index in [0.29, 0.717) is 24.2 Å². The first-order chi connectivity index (χ1) is 14.6. The Morgan fingerprint density at radius 1 is 1.07 bits per heavy atom. The number of piperidine rings is 1. The van der Waals surface area contributed by atoms with E-state index in [9.17, 15) is 9.59 Å². The number of carbonyl (C=O) groups is 2. The predicted octanol–water partition coefficient (Wildman–Crippen LogP) is 3.19. The number of hydrogen-bond donors (Lipinski definition) is 2. The maximum atomic E-state index is 12.7. The van der Waals surface area contributed by atoms with Crippen LogP contribution in [0.4, 0.5) is 10.5 Å². The molecule has 3 aromatic rings. The van der Waals surface area contributed by atoms with Crippen LogP contribution in [0.2, 0.25) is 0 Å². The Morgan fingerprint density at radius 2 is 1.90 bits per heavy atom. The normalized spacial score (nSPS) is 14.0. The number of likely N-dealkylation sites (tertiary alicyclic amines) is 1. The third-order valence-corrected chi connectivity index (χ3v) is 5.29. The highest BCUT2D eigenvalue weighted by molar-refractivity contribution is 5.97. The molecule has 4 rings (SSSR count). The van der Waals surface area contributed by atoms with Gasteiger partial charge in [0, 0.05) is 30.9 Å². The fourth-order valence-electron chi connectivity index (χ4n) is 3.72. The molecule has 1 aliphatic rings. The lowest BCUT2D eigenvalue weighted by Gasteiger charge is -2.26. The summed E-state index contributed by atoms with van der Waals surface area (Å²) in [5.74, 6) is 0.0561. The van der Waals surface area contributed by atoms with E-state index in [1.54, 1.807) is 10.7 Å². The number of aryl methyl sites for hydroxylation is 1. The van der Waals surface area contributed by atoms with E-state index in [4.69, 9.17) is 0 Å². The van der Waals surface area contributed by atoms with Crippen LogP contribution in [0, 0.1) is 6.92 Å². The van der Waals surface area contributed by atoms with Crippen molar-refractivity contribution < 1.29 is 9.59 Å². The van der Waals surface area contributed by atoms with E-state index in [2.05, 4.69) is 20.9 Å². The van der Waals surface area contributed by atoms with E-state index in [0.717, 1.165) is 42.7 Å². The second-order valence-electron chi connectivity index (χ2n) is 7.62. The average Bonchev–Trinajstić information content (AvgIpc) is 3.16. The topological polar surface area (TPSA) is 92.1 Å². The van der Waals surface area contributed by atoms with Gasteiger partial charge in [-0.3, -0.25) is 4.79 Å². The fourth-order valence-corrected chi connectivity index (χ4v) is 3.72. The zero-order valence-corrected chi connectivity index (χ0v) is 17.1. The number of hydrogen-bond acceptors (Lipinski definition) is 4. The Hall–Kier alpha value is -3.42. The molecular weight excluding hydrogens is 380 g/mol. The van der Waals surface area contributed by atoms with Gasteiger partial charge in [-0.2, -0.15) is 0 Å². The first-order valence-electron chi connectivity index (χ1n) is 10.3. The lowest BCUT2D eigenvalue weighted by molar-refractivity contribution is 0.0724. The van der Waals surface area contributed by atoms with Gasteiger partial charge in [-0.1, -0.05) is 17.3 Å². The number of fused-ring (bicyclic) bond motifs is 1.